The van der Waals surface area contributed by atoms with E-state index >= 15 is 0 Å². The Morgan fingerprint density at radius 1 is 1.44 bits per heavy atom. The molecule has 5 nitrogen and oxygen atoms in total. The summed E-state index contributed by atoms with van der Waals surface area (Å²) in [7, 11) is 0. The summed E-state index contributed by atoms with van der Waals surface area (Å²) in [4.78, 5) is 22.9. The van der Waals surface area contributed by atoms with E-state index in [1.165, 1.54) is 18.6 Å². The molecule has 2 N–H and O–H groups in total. The monoisotopic (exact) mass is 313 g/mol. The van der Waals surface area contributed by atoms with Crippen LogP contribution < -0.4 is 10.9 Å². The first-order valence-electron chi connectivity index (χ1n) is 6.13. The summed E-state index contributed by atoms with van der Waals surface area (Å²) < 4.78 is 0. The second-order valence-corrected chi connectivity index (χ2v) is 5.23. The lowest BCUT2D eigenvalue weighted by molar-refractivity contribution is 0.0905. The zero-order valence-electron chi connectivity index (χ0n) is 9.99. The summed E-state index contributed by atoms with van der Waals surface area (Å²) in [5.74, 6) is 0.259. The van der Waals surface area contributed by atoms with Gasteiger partial charge in [-0.15, -0.1) is 0 Å². The first kappa shape index (κ1) is 13.3. The van der Waals surface area contributed by atoms with Crippen molar-refractivity contribution in [3.8, 4) is 0 Å². The van der Waals surface area contributed by atoms with Crippen LogP contribution in [0.2, 0.25) is 0 Å². The second kappa shape index (κ2) is 6.13. The largest absolute Gasteiger partial charge is 0.348 e. The molecule has 1 aliphatic rings. The Morgan fingerprint density at radius 2 is 2.22 bits per heavy atom. The quantitative estimate of drug-likeness (QED) is 0.829. The van der Waals surface area contributed by atoms with Gasteiger partial charge in [-0.2, -0.15) is 5.10 Å². The first-order chi connectivity index (χ1) is 8.70. The predicted molar refractivity (Wildman–Crippen MR) is 71.9 cm³/mol. The maximum absolute atomic E-state index is 12.0. The van der Waals surface area contributed by atoms with Crippen molar-refractivity contribution in [3.63, 3.8) is 0 Å². The number of nitrogens with zero attached hydrogens (tertiary/aromatic N) is 1. The van der Waals surface area contributed by atoms with E-state index in [-0.39, 0.29) is 23.2 Å². The number of H-pyrrole nitrogens is 1. The van der Waals surface area contributed by atoms with Gasteiger partial charge in [-0.05, 0) is 24.8 Å². The molecule has 2 rings (SSSR count). The van der Waals surface area contributed by atoms with E-state index in [4.69, 9.17) is 0 Å². The average Bonchev–Trinajstić information content (AvgIpc) is 2.40. The van der Waals surface area contributed by atoms with Crippen LogP contribution >= 0.6 is 15.9 Å². The molecule has 6 heteroatoms. The van der Waals surface area contributed by atoms with Crippen LogP contribution in [0.1, 0.15) is 36.2 Å². The molecule has 0 bridgehead atoms. The fraction of sp³-hybridized carbons (Fsp3) is 0.583. The molecule has 18 heavy (non-hydrogen) atoms. The van der Waals surface area contributed by atoms with Gasteiger partial charge in [0.15, 0.2) is 0 Å². The van der Waals surface area contributed by atoms with Crippen molar-refractivity contribution in [2.45, 2.75) is 31.7 Å². The van der Waals surface area contributed by atoms with Gasteiger partial charge in [0.05, 0.1) is 0 Å². The van der Waals surface area contributed by atoms with Crippen LogP contribution in [0, 0.1) is 5.92 Å². The molecule has 2 unspecified atom stereocenters. The summed E-state index contributed by atoms with van der Waals surface area (Å²) >= 11 is 3.49. The number of aromatic nitrogens is 2. The number of hydrogen-bond acceptors (Lipinski definition) is 3. The highest BCUT2D eigenvalue weighted by atomic mass is 79.9. The Hall–Kier alpha value is -1.17. The standard InChI is InChI=1S/C12H16BrN3O2/c13-7-8-3-1-2-4-9(8)14-12(18)10-5-6-11(17)16-15-10/h5-6,8-9H,1-4,7H2,(H,14,18)(H,16,17). The lowest BCUT2D eigenvalue weighted by Gasteiger charge is -2.30. The zero-order valence-corrected chi connectivity index (χ0v) is 11.6. The SMILES string of the molecule is O=C(NC1CCCCC1CBr)c1ccc(=O)[nH]n1. The molecule has 0 spiro atoms. The van der Waals surface area contributed by atoms with Crippen molar-refractivity contribution in [3.05, 3.63) is 28.2 Å². The summed E-state index contributed by atoms with van der Waals surface area (Å²) in [6.45, 7) is 0. The second-order valence-electron chi connectivity index (χ2n) is 4.59. The molecule has 1 saturated carbocycles. The third-order valence-electron chi connectivity index (χ3n) is 3.34. The number of carbonyl (C=O) groups is 1. The molecule has 1 aromatic heterocycles. The van der Waals surface area contributed by atoms with Gasteiger partial charge in [-0.3, -0.25) is 9.59 Å². The molecular formula is C12H16BrN3O2. The summed E-state index contributed by atoms with van der Waals surface area (Å²) in [5.41, 5.74) is -0.0453. The van der Waals surface area contributed by atoms with E-state index in [0.29, 0.717) is 5.92 Å². The van der Waals surface area contributed by atoms with E-state index in [1.807, 2.05) is 0 Å². The lowest BCUT2D eigenvalue weighted by Crippen LogP contribution is -2.43. The summed E-state index contributed by atoms with van der Waals surface area (Å²) in [5, 5.41) is 9.90. The third kappa shape index (κ3) is 3.19. The summed E-state index contributed by atoms with van der Waals surface area (Å²) in [6.07, 6.45) is 4.51. The third-order valence-corrected chi connectivity index (χ3v) is 4.17. The van der Waals surface area contributed by atoms with Gasteiger partial charge < -0.3 is 5.32 Å². The van der Waals surface area contributed by atoms with Crippen LogP contribution in [-0.4, -0.2) is 27.5 Å². The van der Waals surface area contributed by atoms with Gasteiger partial charge in [-0.25, -0.2) is 5.10 Å². The Labute approximate surface area is 113 Å². The van der Waals surface area contributed by atoms with Crippen molar-refractivity contribution in [1.82, 2.24) is 15.5 Å². The lowest BCUT2D eigenvalue weighted by atomic mass is 9.86. The van der Waals surface area contributed by atoms with Crippen LogP contribution in [0.25, 0.3) is 0 Å². The van der Waals surface area contributed by atoms with Gasteiger partial charge in [0.25, 0.3) is 11.5 Å². The Morgan fingerprint density at radius 3 is 2.89 bits per heavy atom. The minimum absolute atomic E-state index is 0.194. The number of hydrogen-bond donors (Lipinski definition) is 2. The fourth-order valence-corrected chi connectivity index (χ4v) is 3.07. The predicted octanol–water partition coefficient (Wildman–Crippen LogP) is 1.45. The van der Waals surface area contributed by atoms with Gasteiger partial charge >= 0.3 is 0 Å². The molecule has 1 aliphatic carbocycles. The number of nitrogens with one attached hydrogen (secondary N) is 2. The van der Waals surface area contributed by atoms with E-state index in [0.717, 1.165) is 24.6 Å². The number of rotatable bonds is 3. The van der Waals surface area contributed by atoms with Gasteiger partial charge in [0.1, 0.15) is 5.69 Å². The first-order valence-corrected chi connectivity index (χ1v) is 7.25. The molecule has 1 aromatic rings. The van der Waals surface area contributed by atoms with E-state index in [2.05, 4.69) is 31.4 Å². The number of halogens is 1. The van der Waals surface area contributed by atoms with Gasteiger partial charge in [-0.1, -0.05) is 28.8 Å². The van der Waals surface area contributed by atoms with Gasteiger partial charge in [0, 0.05) is 17.4 Å². The van der Waals surface area contributed by atoms with Gasteiger partial charge in [0.2, 0.25) is 0 Å². The molecule has 0 aliphatic heterocycles. The maximum Gasteiger partial charge on any atom is 0.271 e. The van der Waals surface area contributed by atoms with Crippen molar-refractivity contribution >= 4 is 21.8 Å². The van der Waals surface area contributed by atoms with Crippen molar-refractivity contribution in [2.75, 3.05) is 5.33 Å². The normalized spacial score (nSPS) is 23.6. The Balaban J connectivity index is 2.01. The molecule has 1 fully saturated rings. The molecule has 2 atom stereocenters. The highest BCUT2D eigenvalue weighted by molar-refractivity contribution is 9.09. The van der Waals surface area contributed by atoms with Crippen LogP contribution in [0.4, 0.5) is 0 Å². The number of amides is 1. The van der Waals surface area contributed by atoms with Crippen LogP contribution in [0.15, 0.2) is 16.9 Å². The summed E-state index contributed by atoms with van der Waals surface area (Å²) in [6, 6.07) is 2.95. The molecule has 1 heterocycles. The Bertz CT molecular complexity index is 454. The number of aromatic amines is 1. The highest BCUT2D eigenvalue weighted by Gasteiger charge is 2.26. The molecule has 98 valence electrons. The van der Waals surface area contributed by atoms with Crippen LogP contribution in [0.5, 0.6) is 0 Å². The van der Waals surface area contributed by atoms with E-state index in [9.17, 15) is 9.59 Å². The van der Waals surface area contributed by atoms with Crippen LogP contribution in [-0.2, 0) is 0 Å². The minimum Gasteiger partial charge on any atom is -0.348 e. The van der Waals surface area contributed by atoms with Crippen molar-refractivity contribution < 1.29 is 4.79 Å². The number of alkyl halides is 1. The highest BCUT2D eigenvalue weighted by Crippen LogP contribution is 2.26. The smallest absolute Gasteiger partial charge is 0.271 e. The topological polar surface area (TPSA) is 74.8 Å². The fourth-order valence-electron chi connectivity index (χ4n) is 2.30. The average molecular weight is 314 g/mol. The molecular weight excluding hydrogens is 298 g/mol. The number of carbonyl (C=O) groups excluding carboxylic acids is 1. The maximum atomic E-state index is 12.0. The molecule has 1 amide bonds. The van der Waals surface area contributed by atoms with Crippen molar-refractivity contribution in [1.29, 1.82) is 0 Å². The molecule has 0 radical (unpaired) electrons. The van der Waals surface area contributed by atoms with E-state index < -0.39 is 0 Å². The van der Waals surface area contributed by atoms with E-state index in [1.54, 1.807) is 0 Å². The van der Waals surface area contributed by atoms with Crippen molar-refractivity contribution in [2.24, 2.45) is 5.92 Å². The molecule has 0 aromatic carbocycles. The zero-order chi connectivity index (χ0) is 13.0. The van der Waals surface area contributed by atoms with Crippen LogP contribution in [0.3, 0.4) is 0 Å². The minimum atomic E-state index is -0.303. The molecule has 0 saturated heterocycles. The Kier molecular flexibility index (Phi) is 4.52.